The number of nitrogens with one attached hydrogen (secondary N) is 1. The molecule has 0 bridgehead atoms. The Bertz CT molecular complexity index is 594. The van der Waals surface area contributed by atoms with Gasteiger partial charge in [0.2, 0.25) is 0 Å². The lowest BCUT2D eigenvalue weighted by molar-refractivity contribution is -0.144. The summed E-state index contributed by atoms with van der Waals surface area (Å²) < 4.78 is 5.16. The van der Waals surface area contributed by atoms with E-state index in [1.165, 1.54) is 0 Å². The van der Waals surface area contributed by atoms with Gasteiger partial charge < -0.3 is 15.2 Å². The molecular weight excluding hydrogens is 294 g/mol. The molecule has 21 heavy (non-hydrogen) atoms. The first-order valence-corrected chi connectivity index (χ1v) is 7.01. The molecule has 0 fully saturated rings. The van der Waals surface area contributed by atoms with Crippen LogP contribution in [0, 0.1) is 0 Å². The summed E-state index contributed by atoms with van der Waals surface area (Å²) >= 11 is 5.93. The van der Waals surface area contributed by atoms with Crippen LogP contribution in [0.2, 0.25) is 5.02 Å². The summed E-state index contributed by atoms with van der Waals surface area (Å²) in [5, 5.41) is 12.6. The molecule has 0 saturated carbocycles. The second kappa shape index (κ2) is 5.22. The molecule has 2 rings (SSSR count). The standard InChI is InChI=1S/C15H18ClNO4/c1-14(2,3)21-13(20)17-15(12(18)19)7-9-4-5-11(16)6-10(9)8-15/h4-6H,7-8H2,1-3H3,(H,17,20)(H,18,19)/t15-/m1/s1. The number of carbonyl (C=O) groups is 2. The third-order valence-electron chi connectivity index (χ3n) is 3.30. The number of hydrogen-bond donors (Lipinski definition) is 2. The predicted molar refractivity (Wildman–Crippen MR) is 78.6 cm³/mol. The van der Waals surface area contributed by atoms with E-state index in [0.29, 0.717) is 5.02 Å². The average molecular weight is 312 g/mol. The van der Waals surface area contributed by atoms with Gasteiger partial charge in [0.05, 0.1) is 0 Å². The first-order valence-electron chi connectivity index (χ1n) is 6.63. The Morgan fingerprint density at radius 3 is 2.48 bits per heavy atom. The van der Waals surface area contributed by atoms with Crippen molar-refractivity contribution in [3.05, 3.63) is 34.3 Å². The molecular formula is C15H18ClNO4. The van der Waals surface area contributed by atoms with Crippen molar-refractivity contribution in [3.8, 4) is 0 Å². The fourth-order valence-corrected chi connectivity index (χ4v) is 2.63. The molecule has 1 aliphatic carbocycles. The molecule has 1 amide bonds. The van der Waals surface area contributed by atoms with Crippen molar-refractivity contribution in [2.75, 3.05) is 0 Å². The number of hydrogen-bond acceptors (Lipinski definition) is 3. The van der Waals surface area contributed by atoms with E-state index in [0.717, 1.165) is 11.1 Å². The second-order valence-corrected chi connectivity index (χ2v) is 6.72. The van der Waals surface area contributed by atoms with Gasteiger partial charge in [-0.05, 0) is 44.0 Å². The van der Waals surface area contributed by atoms with Crippen LogP contribution in [0.5, 0.6) is 0 Å². The molecule has 6 heteroatoms. The molecule has 1 aliphatic rings. The normalized spacial score (nSPS) is 20.8. The predicted octanol–water partition coefficient (Wildman–Crippen LogP) is 2.79. The Hall–Kier alpha value is -1.75. The second-order valence-electron chi connectivity index (χ2n) is 6.28. The molecule has 1 aromatic rings. The van der Waals surface area contributed by atoms with Crippen molar-refractivity contribution < 1.29 is 19.4 Å². The molecule has 114 valence electrons. The van der Waals surface area contributed by atoms with E-state index in [2.05, 4.69) is 5.32 Å². The van der Waals surface area contributed by atoms with Crippen LogP contribution in [-0.2, 0) is 22.4 Å². The Morgan fingerprint density at radius 2 is 1.90 bits per heavy atom. The minimum absolute atomic E-state index is 0.192. The van der Waals surface area contributed by atoms with Crippen LogP contribution in [0.15, 0.2) is 18.2 Å². The molecule has 0 saturated heterocycles. The van der Waals surface area contributed by atoms with Gasteiger partial charge in [-0.3, -0.25) is 0 Å². The van der Waals surface area contributed by atoms with E-state index in [9.17, 15) is 14.7 Å². The highest BCUT2D eigenvalue weighted by atomic mass is 35.5. The Labute approximate surface area is 128 Å². The van der Waals surface area contributed by atoms with Gasteiger partial charge in [0.15, 0.2) is 0 Å². The number of carboxylic acid groups (broad SMARTS) is 1. The highest BCUT2D eigenvalue weighted by molar-refractivity contribution is 6.30. The topological polar surface area (TPSA) is 75.6 Å². The summed E-state index contributed by atoms with van der Waals surface area (Å²) in [6, 6.07) is 5.24. The monoisotopic (exact) mass is 311 g/mol. The molecule has 0 heterocycles. The number of halogens is 1. The minimum atomic E-state index is -1.38. The number of aliphatic carboxylic acids is 1. The highest BCUT2D eigenvalue weighted by Crippen LogP contribution is 2.32. The lowest BCUT2D eigenvalue weighted by Crippen LogP contribution is -2.56. The molecule has 0 aromatic heterocycles. The zero-order chi connectivity index (χ0) is 15.8. The van der Waals surface area contributed by atoms with Crippen LogP contribution in [0.25, 0.3) is 0 Å². The molecule has 5 nitrogen and oxygen atoms in total. The van der Waals surface area contributed by atoms with Gasteiger partial charge in [-0.2, -0.15) is 0 Å². The van der Waals surface area contributed by atoms with Gasteiger partial charge in [0, 0.05) is 17.9 Å². The summed E-state index contributed by atoms with van der Waals surface area (Å²) in [6.07, 6.45) is -0.324. The number of alkyl carbamates (subject to hydrolysis) is 1. The quantitative estimate of drug-likeness (QED) is 0.880. The van der Waals surface area contributed by atoms with Gasteiger partial charge in [0.25, 0.3) is 0 Å². The molecule has 1 atom stereocenters. The van der Waals surface area contributed by atoms with Crippen LogP contribution in [0.1, 0.15) is 31.9 Å². The Balaban J connectivity index is 2.22. The van der Waals surface area contributed by atoms with Crippen LogP contribution in [0.3, 0.4) is 0 Å². The van der Waals surface area contributed by atoms with E-state index in [1.807, 2.05) is 0 Å². The van der Waals surface area contributed by atoms with Crippen LogP contribution < -0.4 is 5.32 Å². The van der Waals surface area contributed by atoms with E-state index < -0.39 is 23.2 Å². The Kier molecular flexibility index (Phi) is 3.89. The highest BCUT2D eigenvalue weighted by Gasteiger charge is 2.46. The lowest BCUT2D eigenvalue weighted by Gasteiger charge is -2.28. The van der Waals surface area contributed by atoms with E-state index in [-0.39, 0.29) is 12.8 Å². The summed E-state index contributed by atoms with van der Waals surface area (Å²) in [4.78, 5) is 23.6. The van der Waals surface area contributed by atoms with Crippen molar-refractivity contribution in [2.45, 2.75) is 44.8 Å². The van der Waals surface area contributed by atoms with Crippen molar-refractivity contribution >= 4 is 23.7 Å². The van der Waals surface area contributed by atoms with Gasteiger partial charge in [0.1, 0.15) is 11.1 Å². The Morgan fingerprint density at radius 1 is 1.29 bits per heavy atom. The molecule has 2 N–H and O–H groups in total. The smallest absolute Gasteiger partial charge is 0.408 e. The summed E-state index contributed by atoms with van der Waals surface area (Å²) in [7, 11) is 0. The number of carbonyl (C=O) groups excluding carboxylic acids is 1. The van der Waals surface area contributed by atoms with E-state index in [1.54, 1.807) is 39.0 Å². The number of rotatable bonds is 2. The molecule has 1 aromatic carbocycles. The van der Waals surface area contributed by atoms with Crippen molar-refractivity contribution in [1.29, 1.82) is 0 Å². The van der Waals surface area contributed by atoms with E-state index >= 15 is 0 Å². The van der Waals surface area contributed by atoms with Crippen molar-refractivity contribution in [3.63, 3.8) is 0 Å². The lowest BCUT2D eigenvalue weighted by atomic mass is 9.96. The fourth-order valence-electron chi connectivity index (χ4n) is 2.44. The molecule has 0 aliphatic heterocycles. The van der Waals surface area contributed by atoms with Gasteiger partial charge in [-0.1, -0.05) is 17.7 Å². The SMILES string of the molecule is CC(C)(C)OC(=O)N[C@]1(C(=O)O)Cc2ccc(Cl)cc2C1. The number of benzene rings is 1. The molecule has 0 radical (unpaired) electrons. The van der Waals surface area contributed by atoms with Crippen LogP contribution >= 0.6 is 11.6 Å². The van der Waals surface area contributed by atoms with Crippen LogP contribution in [0.4, 0.5) is 4.79 Å². The maximum atomic E-state index is 11.9. The third-order valence-corrected chi connectivity index (χ3v) is 3.54. The number of carboxylic acids is 1. The fraction of sp³-hybridized carbons (Fsp3) is 0.467. The minimum Gasteiger partial charge on any atom is -0.479 e. The van der Waals surface area contributed by atoms with Gasteiger partial charge in [-0.25, -0.2) is 9.59 Å². The summed E-state index contributed by atoms with van der Waals surface area (Å²) in [6.45, 7) is 5.18. The third kappa shape index (κ3) is 3.47. The first-order chi connectivity index (χ1) is 9.61. The largest absolute Gasteiger partial charge is 0.479 e. The maximum Gasteiger partial charge on any atom is 0.408 e. The zero-order valence-corrected chi connectivity index (χ0v) is 13.0. The molecule has 0 unspecified atom stereocenters. The number of fused-ring (bicyclic) bond motifs is 1. The van der Waals surface area contributed by atoms with Gasteiger partial charge in [-0.15, -0.1) is 0 Å². The number of amides is 1. The zero-order valence-electron chi connectivity index (χ0n) is 12.2. The first kappa shape index (κ1) is 15.6. The maximum absolute atomic E-state index is 11.9. The van der Waals surface area contributed by atoms with Gasteiger partial charge >= 0.3 is 12.1 Å². The summed E-state index contributed by atoms with van der Waals surface area (Å²) in [5.74, 6) is -1.08. The van der Waals surface area contributed by atoms with Crippen molar-refractivity contribution in [2.24, 2.45) is 0 Å². The average Bonchev–Trinajstić information content (AvgIpc) is 2.64. The summed E-state index contributed by atoms with van der Waals surface area (Å²) in [5.41, 5.74) is -0.354. The number of ether oxygens (including phenoxy) is 1. The van der Waals surface area contributed by atoms with E-state index in [4.69, 9.17) is 16.3 Å². The van der Waals surface area contributed by atoms with Crippen molar-refractivity contribution in [1.82, 2.24) is 5.32 Å². The van der Waals surface area contributed by atoms with Crippen LogP contribution in [-0.4, -0.2) is 28.3 Å². The molecule has 0 spiro atoms.